The average Bonchev–Trinajstić information content (AvgIpc) is 2.61. The zero-order valence-electron chi connectivity index (χ0n) is 13.1. The van der Waals surface area contributed by atoms with Crippen molar-refractivity contribution < 1.29 is 18.6 Å². The largest absolute Gasteiger partial charge is 0.491 e. The second-order valence-corrected chi connectivity index (χ2v) is 5.47. The maximum absolute atomic E-state index is 14.1. The molecule has 3 N–H and O–H groups in total. The average molecular weight is 332 g/mol. The third kappa shape index (κ3) is 3.25. The van der Waals surface area contributed by atoms with E-state index >= 15 is 0 Å². The SMILES string of the molecule is COc1c(F)ccc(CNC(O)c2ccc3c(c2)C=CCN3)c1F. The van der Waals surface area contributed by atoms with Crippen molar-refractivity contribution in [3.8, 4) is 5.75 Å². The molecule has 0 fully saturated rings. The van der Waals surface area contributed by atoms with Crippen LogP contribution in [0.4, 0.5) is 14.5 Å². The lowest BCUT2D eigenvalue weighted by molar-refractivity contribution is 0.136. The molecule has 1 unspecified atom stereocenters. The van der Waals surface area contributed by atoms with Crippen molar-refractivity contribution >= 4 is 11.8 Å². The lowest BCUT2D eigenvalue weighted by Gasteiger charge is -2.18. The predicted molar refractivity (Wildman–Crippen MR) is 88.7 cm³/mol. The fraction of sp³-hybridized carbons (Fsp3) is 0.222. The number of aliphatic hydroxyl groups excluding tert-OH is 1. The van der Waals surface area contributed by atoms with Gasteiger partial charge in [0.1, 0.15) is 6.23 Å². The van der Waals surface area contributed by atoms with Gasteiger partial charge in [-0.2, -0.15) is 0 Å². The molecule has 1 aliphatic heterocycles. The Morgan fingerprint density at radius 3 is 2.92 bits per heavy atom. The number of methoxy groups -OCH3 is 1. The maximum atomic E-state index is 14.1. The molecule has 0 aromatic heterocycles. The van der Waals surface area contributed by atoms with Gasteiger partial charge < -0.3 is 15.2 Å². The number of aliphatic hydroxyl groups is 1. The van der Waals surface area contributed by atoms with Gasteiger partial charge in [0.15, 0.2) is 17.4 Å². The van der Waals surface area contributed by atoms with Gasteiger partial charge in [0.2, 0.25) is 0 Å². The molecule has 2 aromatic carbocycles. The Morgan fingerprint density at radius 2 is 2.12 bits per heavy atom. The Labute approximate surface area is 138 Å². The number of nitrogens with one attached hydrogen (secondary N) is 2. The van der Waals surface area contributed by atoms with Gasteiger partial charge in [-0.3, -0.25) is 5.32 Å². The number of ether oxygens (including phenoxy) is 1. The highest BCUT2D eigenvalue weighted by Gasteiger charge is 2.16. The van der Waals surface area contributed by atoms with E-state index < -0.39 is 23.6 Å². The molecule has 126 valence electrons. The number of benzene rings is 2. The summed E-state index contributed by atoms with van der Waals surface area (Å²) in [7, 11) is 1.21. The summed E-state index contributed by atoms with van der Waals surface area (Å²) in [6, 6.07) is 8.01. The molecule has 0 saturated carbocycles. The first-order valence-corrected chi connectivity index (χ1v) is 7.57. The normalized spacial score (nSPS) is 14.0. The summed E-state index contributed by atoms with van der Waals surface area (Å²) in [6.45, 7) is 0.813. The third-order valence-corrected chi connectivity index (χ3v) is 3.92. The maximum Gasteiger partial charge on any atom is 0.190 e. The van der Waals surface area contributed by atoms with E-state index in [-0.39, 0.29) is 12.1 Å². The summed E-state index contributed by atoms with van der Waals surface area (Å²) in [5.74, 6) is -1.95. The van der Waals surface area contributed by atoms with E-state index in [2.05, 4.69) is 10.6 Å². The lowest BCUT2D eigenvalue weighted by atomic mass is 10.0. The standard InChI is InChI=1S/C18H18F2N2O2/c1-24-17-14(19)6-4-13(16(17)20)10-22-18(23)12-5-7-15-11(9-12)3-2-8-21-15/h2-7,9,18,21-23H,8,10H2,1H3. The monoisotopic (exact) mass is 332 g/mol. The lowest BCUT2D eigenvalue weighted by Crippen LogP contribution is -2.21. The van der Waals surface area contributed by atoms with E-state index in [0.717, 1.165) is 23.9 Å². The van der Waals surface area contributed by atoms with Crippen LogP contribution in [0.2, 0.25) is 0 Å². The van der Waals surface area contributed by atoms with Crippen LogP contribution in [-0.2, 0) is 6.54 Å². The summed E-state index contributed by atoms with van der Waals surface area (Å²) in [4.78, 5) is 0. The van der Waals surface area contributed by atoms with Crippen molar-refractivity contribution in [2.24, 2.45) is 0 Å². The number of fused-ring (bicyclic) bond motifs is 1. The van der Waals surface area contributed by atoms with E-state index in [9.17, 15) is 13.9 Å². The Kier molecular flexibility index (Phi) is 4.78. The number of anilines is 1. The minimum absolute atomic E-state index is 0.0365. The van der Waals surface area contributed by atoms with Gasteiger partial charge in [-0.25, -0.2) is 8.78 Å². The van der Waals surface area contributed by atoms with Crippen molar-refractivity contribution in [1.29, 1.82) is 0 Å². The van der Waals surface area contributed by atoms with Crippen LogP contribution in [0.1, 0.15) is 22.9 Å². The van der Waals surface area contributed by atoms with Gasteiger partial charge in [0.25, 0.3) is 0 Å². The van der Waals surface area contributed by atoms with Gasteiger partial charge >= 0.3 is 0 Å². The fourth-order valence-corrected chi connectivity index (χ4v) is 2.63. The number of hydrogen-bond acceptors (Lipinski definition) is 4. The third-order valence-electron chi connectivity index (χ3n) is 3.92. The van der Waals surface area contributed by atoms with E-state index in [4.69, 9.17) is 4.74 Å². The van der Waals surface area contributed by atoms with Crippen LogP contribution in [0.15, 0.2) is 36.4 Å². The minimum Gasteiger partial charge on any atom is -0.491 e. The second-order valence-electron chi connectivity index (χ2n) is 5.47. The van der Waals surface area contributed by atoms with Crippen LogP contribution in [0.5, 0.6) is 5.75 Å². The molecule has 0 bridgehead atoms. The van der Waals surface area contributed by atoms with Crippen LogP contribution in [0.25, 0.3) is 6.08 Å². The zero-order valence-corrected chi connectivity index (χ0v) is 13.1. The van der Waals surface area contributed by atoms with E-state index in [1.165, 1.54) is 13.2 Å². The first-order valence-electron chi connectivity index (χ1n) is 7.57. The highest BCUT2D eigenvalue weighted by molar-refractivity contribution is 5.70. The van der Waals surface area contributed by atoms with Crippen LogP contribution >= 0.6 is 0 Å². The van der Waals surface area contributed by atoms with Crippen LogP contribution < -0.4 is 15.4 Å². The molecule has 1 heterocycles. The molecule has 0 saturated heterocycles. The van der Waals surface area contributed by atoms with Crippen molar-refractivity contribution in [3.63, 3.8) is 0 Å². The van der Waals surface area contributed by atoms with Gasteiger partial charge in [-0.1, -0.05) is 24.3 Å². The van der Waals surface area contributed by atoms with E-state index in [1.54, 1.807) is 6.07 Å². The fourth-order valence-electron chi connectivity index (χ4n) is 2.63. The molecular formula is C18H18F2N2O2. The van der Waals surface area contributed by atoms with E-state index in [1.807, 2.05) is 24.3 Å². The van der Waals surface area contributed by atoms with Crippen molar-refractivity contribution in [2.75, 3.05) is 19.0 Å². The van der Waals surface area contributed by atoms with Crippen LogP contribution in [-0.4, -0.2) is 18.8 Å². The first kappa shape index (κ1) is 16.4. The summed E-state index contributed by atoms with van der Waals surface area (Å²) in [6.07, 6.45) is 3.00. The molecule has 1 atom stereocenters. The Balaban J connectivity index is 1.72. The first-order chi connectivity index (χ1) is 11.6. The molecule has 2 aromatic rings. The molecule has 0 amide bonds. The minimum atomic E-state index is -0.971. The van der Waals surface area contributed by atoms with Gasteiger partial charge in [-0.05, 0) is 29.3 Å². The highest BCUT2D eigenvalue weighted by Crippen LogP contribution is 2.26. The molecule has 3 rings (SSSR count). The molecule has 0 radical (unpaired) electrons. The van der Waals surface area contributed by atoms with Gasteiger partial charge in [-0.15, -0.1) is 0 Å². The summed E-state index contributed by atoms with van der Waals surface area (Å²) in [5, 5.41) is 16.3. The smallest absolute Gasteiger partial charge is 0.190 e. The molecule has 0 spiro atoms. The quantitative estimate of drug-likeness (QED) is 0.736. The Hall–Kier alpha value is -2.44. The summed E-state index contributed by atoms with van der Waals surface area (Å²) < 4.78 is 32.2. The molecule has 0 aliphatic carbocycles. The zero-order chi connectivity index (χ0) is 17.1. The second kappa shape index (κ2) is 6.98. The number of halogens is 2. The summed E-state index contributed by atoms with van der Waals surface area (Å²) >= 11 is 0. The van der Waals surface area contributed by atoms with Crippen molar-refractivity contribution in [2.45, 2.75) is 12.8 Å². The number of rotatable bonds is 5. The van der Waals surface area contributed by atoms with E-state index in [0.29, 0.717) is 5.56 Å². The summed E-state index contributed by atoms with van der Waals surface area (Å²) in [5.41, 5.74) is 2.86. The molecule has 1 aliphatic rings. The van der Waals surface area contributed by atoms with Crippen molar-refractivity contribution in [3.05, 3.63) is 64.7 Å². The van der Waals surface area contributed by atoms with Gasteiger partial charge in [0, 0.05) is 24.3 Å². The molecule has 24 heavy (non-hydrogen) atoms. The predicted octanol–water partition coefficient (Wildman–Crippen LogP) is 3.19. The highest BCUT2D eigenvalue weighted by atomic mass is 19.1. The molecule has 4 nitrogen and oxygen atoms in total. The topological polar surface area (TPSA) is 53.5 Å². The molecule has 6 heteroatoms. The Bertz CT molecular complexity index is 778. The van der Waals surface area contributed by atoms with Gasteiger partial charge in [0.05, 0.1) is 7.11 Å². The van der Waals surface area contributed by atoms with Crippen LogP contribution in [0.3, 0.4) is 0 Å². The number of hydrogen-bond donors (Lipinski definition) is 3. The van der Waals surface area contributed by atoms with Crippen LogP contribution in [0, 0.1) is 11.6 Å². The van der Waals surface area contributed by atoms with Crippen molar-refractivity contribution in [1.82, 2.24) is 5.32 Å². The Morgan fingerprint density at radius 1 is 1.29 bits per heavy atom. The molecular weight excluding hydrogens is 314 g/mol.